The van der Waals surface area contributed by atoms with E-state index in [0.717, 1.165) is 12.2 Å². The van der Waals surface area contributed by atoms with E-state index in [1.165, 1.54) is 0 Å². The molecule has 4 heteroatoms. The van der Waals surface area contributed by atoms with Crippen molar-refractivity contribution < 1.29 is 20.4 Å². The largest absolute Gasteiger partial charge is 0.512 e. The van der Waals surface area contributed by atoms with E-state index in [9.17, 15) is 0 Å². The Balaban J connectivity index is 2.90. The van der Waals surface area contributed by atoms with Gasteiger partial charge in [0, 0.05) is 12.5 Å². The van der Waals surface area contributed by atoms with Crippen LogP contribution in [0.15, 0.2) is 23.7 Å². The quantitative estimate of drug-likeness (QED) is 0.359. The van der Waals surface area contributed by atoms with Crippen LogP contribution in [0.5, 0.6) is 0 Å². The molecule has 0 bridgehead atoms. The molecule has 0 aromatic rings. The number of rotatable bonds is 0. The van der Waals surface area contributed by atoms with Gasteiger partial charge in [-0.05, 0) is 6.08 Å². The van der Waals surface area contributed by atoms with Crippen LogP contribution >= 0.6 is 0 Å². The highest BCUT2D eigenvalue weighted by Gasteiger charge is 2.29. The fourth-order valence-corrected chi connectivity index (χ4v) is 0.717. The molecule has 0 amide bonds. The summed E-state index contributed by atoms with van der Waals surface area (Å²) in [6.07, 6.45) is 2.05. The highest BCUT2D eigenvalue weighted by atomic mass is 16.5. The molecule has 1 rings (SSSR count). The number of hydrogen-bond acceptors (Lipinski definition) is 4. The maximum Gasteiger partial charge on any atom is 0.246 e. The zero-order valence-electron chi connectivity index (χ0n) is 5.15. The molecule has 0 fully saturated rings. The van der Waals surface area contributed by atoms with Gasteiger partial charge < -0.3 is 20.4 Å². The van der Waals surface area contributed by atoms with Crippen molar-refractivity contribution in [3.8, 4) is 0 Å². The van der Waals surface area contributed by atoms with Gasteiger partial charge in [0.1, 0.15) is 0 Å². The Morgan fingerprint density at radius 3 is 2.30 bits per heavy atom. The van der Waals surface area contributed by atoms with E-state index in [1.54, 1.807) is 0 Å². The Hall–Kier alpha value is -1.00. The van der Waals surface area contributed by atoms with Crippen molar-refractivity contribution in [2.75, 3.05) is 0 Å². The monoisotopic (exact) mass is 144 g/mol. The third-order valence-electron chi connectivity index (χ3n) is 1.25. The topological polar surface area (TPSA) is 80.9 Å². The van der Waals surface area contributed by atoms with Crippen molar-refractivity contribution >= 4 is 0 Å². The van der Waals surface area contributed by atoms with E-state index >= 15 is 0 Å². The van der Waals surface area contributed by atoms with Crippen LogP contribution in [0, 0.1) is 0 Å². The van der Waals surface area contributed by atoms with Crippen molar-refractivity contribution in [1.29, 1.82) is 0 Å². The van der Waals surface area contributed by atoms with Gasteiger partial charge in [-0.3, -0.25) is 0 Å². The lowest BCUT2D eigenvalue weighted by Gasteiger charge is -2.20. The molecular weight excluding hydrogens is 136 g/mol. The lowest BCUT2D eigenvalue weighted by Crippen LogP contribution is -2.30. The first-order valence-electron chi connectivity index (χ1n) is 2.77. The summed E-state index contributed by atoms with van der Waals surface area (Å²) in [4.78, 5) is 0. The molecule has 0 aromatic carbocycles. The molecule has 0 spiro atoms. The molecule has 0 saturated heterocycles. The first-order chi connectivity index (χ1) is 4.52. The minimum atomic E-state index is -2.39. The number of aliphatic hydroxyl groups is 4. The fraction of sp³-hybridized carbons (Fsp3) is 0.333. The minimum Gasteiger partial charge on any atom is -0.512 e. The van der Waals surface area contributed by atoms with Crippen molar-refractivity contribution in [1.82, 2.24) is 0 Å². The van der Waals surface area contributed by atoms with Gasteiger partial charge in [-0.25, -0.2) is 0 Å². The predicted molar refractivity (Wildman–Crippen MR) is 33.2 cm³/mol. The summed E-state index contributed by atoms with van der Waals surface area (Å²) in [6, 6.07) is 0. The van der Waals surface area contributed by atoms with Crippen molar-refractivity contribution in [2.45, 2.75) is 12.2 Å². The number of allylic oxidation sites excluding steroid dienone is 1. The zero-order chi connectivity index (χ0) is 7.78. The lowest BCUT2D eigenvalue weighted by atomic mass is 10.1. The van der Waals surface area contributed by atoms with Crippen LogP contribution in [0.4, 0.5) is 0 Å². The Morgan fingerprint density at radius 1 is 1.30 bits per heavy atom. The zero-order valence-corrected chi connectivity index (χ0v) is 5.15. The third kappa shape index (κ3) is 1.12. The number of hydrogen-bond donors (Lipinski definition) is 4. The molecule has 56 valence electrons. The van der Waals surface area contributed by atoms with E-state index in [-0.39, 0.29) is 12.2 Å². The van der Waals surface area contributed by atoms with Gasteiger partial charge in [-0.15, -0.1) is 0 Å². The van der Waals surface area contributed by atoms with Gasteiger partial charge in [0.25, 0.3) is 0 Å². The summed E-state index contributed by atoms with van der Waals surface area (Å²) in [5.41, 5.74) is 0. The normalized spacial score (nSPS) is 23.4. The maximum atomic E-state index is 8.81. The van der Waals surface area contributed by atoms with Gasteiger partial charge in [-0.2, -0.15) is 0 Å². The van der Waals surface area contributed by atoms with Crippen molar-refractivity contribution in [3.63, 3.8) is 0 Å². The van der Waals surface area contributed by atoms with Crippen LogP contribution in [0.2, 0.25) is 0 Å². The fourth-order valence-electron chi connectivity index (χ4n) is 0.717. The second-order valence-electron chi connectivity index (χ2n) is 2.16. The summed E-state index contributed by atoms with van der Waals surface area (Å²) in [7, 11) is 0. The van der Waals surface area contributed by atoms with Gasteiger partial charge in [0.2, 0.25) is 5.79 Å². The molecule has 0 radical (unpaired) electrons. The van der Waals surface area contributed by atoms with Gasteiger partial charge in [0.05, 0.1) is 5.76 Å². The second kappa shape index (κ2) is 2.00. The second-order valence-corrected chi connectivity index (χ2v) is 2.16. The van der Waals surface area contributed by atoms with Crippen LogP contribution in [0.25, 0.3) is 0 Å². The highest BCUT2D eigenvalue weighted by Crippen LogP contribution is 2.21. The molecule has 10 heavy (non-hydrogen) atoms. The summed E-state index contributed by atoms with van der Waals surface area (Å²) in [6.45, 7) is 0. The van der Waals surface area contributed by atoms with Crippen LogP contribution < -0.4 is 0 Å². The average Bonchev–Trinajstić information content (AvgIpc) is 1.78. The lowest BCUT2D eigenvalue weighted by molar-refractivity contribution is -0.114. The molecule has 1 aliphatic rings. The maximum absolute atomic E-state index is 8.81. The molecule has 4 N–H and O–H groups in total. The van der Waals surface area contributed by atoms with E-state index < -0.39 is 11.5 Å². The summed E-state index contributed by atoms with van der Waals surface area (Å²) < 4.78 is 0. The summed E-state index contributed by atoms with van der Waals surface area (Å²) in [5, 5.41) is 35.1. The van der Waals surface area contributed by atoms with Crippen LogP contribution in [-0.2, 0) is 0 Å². The van der Waals surface area contributed by atoms with Crippen molar-refractivity contribution in [2.24, 2.45) is 0 Å². The first-order valence-corrected chi connectivity index (χ1v) is 2.77. The van der Waals surface area contributed by atoms with E-state index in [1.807, 2.05) is 0 Å². The summed E-state index contributed by atoms with van der Waals surface area (Å²) in [5.74, 6) is -3.10. The van der Waals surface area contributed by atoms with E-state index in [0.29, 0.717) is 0 Å². The predicted octanol–water partition coefficient (Wildman–Crippen LogP) is -0.0452. The molecular formula is C6H8O4. The minimum absolute atomic E-state index is 0.134. The SMILES string of the molecule is OC1=CC(O)(O)C(O)=CC1. The van der Waals surface area contributed by atoms with Crippen LogP contribution in [0.3, 0.4) is 0 Å². The molecule has 0 aliphatic heterocycles. The third-order valence-corrected chi connectivity index (χ3v) is 1.25. The Bertz CT molecular complexity index is 202. The van der Waals surface area contributed by atoms with Gasteiger partial charge in [-0.1, -0.05) is 0 Å². The van der Waals surface area contributed by atoms with Gasteiger partial charge in [0.15, 0.2) is 5.76 Å². The molecule has 0 heterocycles. The molecule has 1 aliphatic carbocycles. The molecule has 0 unspecified atom stereocenters. The van der Waals surface area contributed by atoms with Crippen molar-refractivity contribution in [3.05, 3.63) is 23.7 Å². The Kier molecular flexibility index (Phi) is 1.42. The number of aliphatic hydroxyl groups excluding tert-OH is 2. The molecule has 4 nitrogen and oxygen atoms in total. The van der Waals surface area contributed by atoms with Crippen LogP contribution in [0.1, 0.15) is 6.42 Å². The van der Waals surface area contributed by atoms with E-state index in [2.05, 4.69) is 0 Å². The van der Waals surface area contributed by atoms with Gasteiger partial charge >= 0.3 is 0 Å². The average molecular weight is 144 g/mol. The molecule has 0 saturated carbocycles. The summed E-state index contributed by atoms with van der Waals surface area (Å²) >= 11 is 0. The smallest absolute Gasteiger partial charge is 0.246 e. The Morgan fingerprint density at radius 2 is 1.90 bits per heavy atom. The molecule has 0 aromatic heterocycles. The van der Waals surface area contributed by atoms with Crippen LogP contribution in [-0.4, -0.2) is 26.2 Å². The standard InChI is InChI=1S/C6H8O4/c7-4-1-2-5(8)6(9,10)3-4/h2-3,7-10H,1H2. The first kappa shape index (κ1) is 7.11. The highest BCUT2D eigenvalue weighted by molar-refractivity contribution is 5.22. The van der Waals surface area contributed by atoms with E-state index in [4.69, 9.17) is 20.4 Å². The molecule has 0 atom stereocenters. The Labute approximate surface area is 57.4 Å².